The predicted molar refractivity (Wildman–Crippen MR) is 111 cm³/mol. The molecule has 0 bridgehead atoms. The number of methoxy groups -OCH3 is 1. The van der Waals surface area contributed by atoms with Crippen molar-refractivity contribution in [2.75, 3.05) is 17.7 Å². The zero-order valence-electron chi connectivity index (χ0n) is 15.5. The molecule has 3 aromatic rings. The molecule has 1 aromatic heterocycles. The molecule has 0 radical (unpaired) electrons. The molecule has 1 heterocycles. The van der Waals surface area contributed by atoms with Crippen LogP contribution in [0.2, 0.25) is 0 Å². The third kappa shape index (κ3) is 3.87. The number of hydrogen-bond donors (Lipinski definition) is 2. The minimum absolute atomic E-state index is 0.119. The van der Waals surface area contributed by atoms with Gasteiger partial charge in [-0.3, -0.25) is 4.79 Å². The van der Waals surface area contributed by atoms with Crippen LogP contribution in [0.1, 0.15) is 32.8 Å². The summed E-state index contributed by atoms with van der Waals surface area (Å²) < 4.78 is 18.6. The van der Waals surface area contributed by atoms with E-state index in [2.05, 4.69) is 10.6 Å². The molecule has 28 heavy (non-hydrogen) atoms. The molecule has 1 aliphatic carbocycles. The van der Waals surface area contributed by atoms with Crippen molar-refractivity contribution in [3.63, 3.8) is 0 Å². The summed E-state index contributed by atoms with van der Waals surface area (Å²) in [6.07, 6.45) is 3.00. The maximum absolute atomic E-state index is 13.4. The van der Waals surface area contributed by atoms with E-state index >= 15 is 0 Å². The number of benzene rings is 2. The Morgan fingerprint density at radius 3 is 2.75 bits per heavy atom. The Morgan fingerprint density at radius 1 is 1.18 bits per heavy atom. The van der Waals surface area contributed by atoms with Crippen LogP contribution in [-0.2, 0) is 19.4 Å². The SMILES string of the molecule is COc1ccc(NC(=O)c2c(NCc3cccc(F)c3)sc3c2CCC3)cc1. The third-order valence-corrected chi connectivity index (χ3v) is 6.09. The number of aryl methyl sites for hydroxylation is 1. The van der Waals surface area contributed by atoms with Crippen LogP contribution >= 0.6 is 11.3 Å². The second kappa shape index (κ2) is 8.02. The number of anilines is 2. The predicted octanol–water partition coefficient (Wildman–Crippen LogP) is 5.25. The number of carbonyl (C=O) groups is 1. The molecule has 0 saturated carbocycles. The minimum Gasteiger partial charge on any atom is -0.497 e. The lowest BCUT2D eigenvalue weighted by atomic mass is 10.1. The number of amides is 1. The lowest BCUT2D eigenvalue weighted by Crippen LogP contribution is -2.15. The van der Waals surface area contributed by atoms with E-state index in [-0.39, 0.29) is 11.7 Å². The van der Waals surface area contributed by atoms with E-state index in [4.69, 9.17) is 4.74 Å². The number of carbonyl (C=O) groups excluding carboxylic acids is 1. The van der Waals surface area contributed by atoms with Crippen molar-refractivity contribution in [3.8, 4) is 5.75 Å². The monoisotopic (exact) mass is 396 g/mol. The Kier molecular flexibility index (Phi) is 5.30. The fourth-order valence-electron chi connectivity index (χ4n) is 3.47. The first-order chi connectivity index (χ1) is 13.6. The van der Waals surface area contributed by atoms with Crippen LogP contribution in [0.15, 0.2) is 48.5 Å². The summed E-state index contributed by atoms with van der Waals surface area (Å²) in [5.41, 5.74) is 3.41. The summed E-state index contributed by atoms with van der Waals surface area (Å²) in [5.74, 6) is 0.364. The van der Waals surface area contributed by atoms with Crippen LogP contribution in [0, 0.1) is 5.82 Å². The average molecular weight is 396 g/mol. The maximum atomic E-state index is 13.4. The van der Waals surface area contributed by atoms with Gasteiger partial charge >= 0.3 is 0 Å². The normalized spacial score (nSPS) is 12.5. The highest BCUT2D eigenvalue weighted by molar-refractivity contribution is 7.16. The first kappa shape index (κ1) is 18.5. The van der Waals surface area contributed by atoms with Gasteiger partial charge in [0, 0.05) is 17.1 Å². The van der Waals surface area contributed by atoms with Crippen LogP contribution in [0.25, 0.3) is 0 Å². The topological polar surface area (TPSA) is 50.4 Å². The second-order valence-corrected chi connectivity index (χ2v) is 7.83. The van der Waals surface area contributed by atoms with E-state index in [1.165, 1.54) is 17.0 Å². The summed E-state index contributed by atoms with van der Waals surface area (Å²) in [7, 11) is 1.61. The highest BCUT2D eigenvalue weighted by Crippen LogP contribution is 2.39. The fraction of sp³-hybridized carbons (Fsp3) is 0.227. The first-order valence-corrected chi connectivity index (χ1v) is 10.0. The van der Waals surface area contributed by atoms with Crippen molar-refractivity contribution in [2.45, 2.75) is 25.8 Å². The Balaban J connectivity index is 1.55. The maximum Gasteiger partial charge on any atom is 0.258 e. The van der Waals surface area contributed by atoms with Crippen molar-refractivity contribution < 1.29 is 13.9 Å². The van der Waals surface area contributed by atoms with Gasteiger partial charge in [0.15, 0.2) is 0 Å². The van der Waals surface area contributed by atoms with Gasteiger partial charge in [-0.25, -0.2) is 4.39 Å². The van der Waals surface area contributed by atoms with E-state index in [0.717, 1.165) is 46.8 Å². The standard InChI is InChI=1S/C22H21FN2O2S/c1-27-17-10-8-16(9-11-17)25-21(26)20-18-6-3-7-19(18)28-22(20)24-13-14-4-2-5-15(23)12-14/h2,4-5,8-12,24H,3,6-7,13H2,1H3,(H,25,26). The van der Waals surface area contributed by atoms with E-state index in [1.807, 2.05) is 30.3 Å². The van der Waals surface area contributed by atoms with E-state index in [1.54, 1.807) is 24.5 Å². The Bertz CT molecular complexity index is 998. The van der Waals surface area contributed by atoms with Gasteiger partial charge in [0.25, 0.3) is 5.91 Å². The Labute approximate surface area is 167 Å². The fourth-order valence-corrected chi connectivity index (χ4v) is 4.75. The van der Waals surface area contributed by atoms with Gasteiger partial charge in [0.2, 0.25) is 0 Å². The van der Waals surface area contributed by atoms with Crippen molar-refractivity contribution >= 4 is 27.9 Å². The van der Waals surface area contributed by atoms with Crippen LogP contribution < -0.4 is 15.4 Å². The van der Waals surface area contributed by atoms with Gasteiger partial charge in [0.05, 0.1) is 12.7 Å². The van der Waals surface area contributed by atoms with Crippen LogP contribution in [-0.4, -0.2) is 13.0 Å². The summed E-state index contributed by atoms with van der Waals surface area (Å²) >= 11 is 1.63. The Morgan fingerprint density at radius 2 is 2.00 bits per heavy atom. The summed E-state index contributed by atoms with van der Waals surface area (Å²) in [4.78, 5) is 14.3. The molecule has 0 spiro atoms. The molecule has 0 fully saturated rings. The van der Waals surface area contributed by atoms with Gasteiger partial charge in [0.1, 0.15) is 16.6 Å². The third-order valence-electron chi connectivity index (χ3n) is 4.84. The number of nitrogens with one attached hydrogen (secondary N) is 2. The highest BCUT2D eigenvalue weighted by Gasteiger charge is 2.26. The van der Waals surface area contributed by atoms with Gasteiger partial charge in [-0.05, 0) is 66.8 Å². The molecule has 2 N–H and O–H groups in total. The smallest absolute Gasteiger partial charge is 0.258 e. The number of fused-ring (bicyclic) bond motifs is 1. The quantitative estimate of drug-likeness (QED) is 0.598. The van der Waals surface area contributed by atoms with Gasteiger partial charge < -0.3 is 15.4 Å². The van der Waals surface area contributed by atoms with E-state index in [0.29, 0.717) is 12.1 Å². The number of thiophene rings is 1. The molecule has 144 valence electrons. The summed E-state index contributed by atoms with van der Waals surface area (Å²) in [6.45, 7) is 0.472. The molecule has 4 rings (SSSR count). The van der Waals surface area contributed by atoms with Crippen molar-refractivity contribution in [1.29, 1.82) is 0 Å². The molecule has 2 aromatic carbocycles. The molecule has 4 nitrogen and oxygen atoms in total. The molecule has 0 saturated heterocycles. The summed E-state index contributed by atoms with van der Waals surface area (Å²) in [5, 5.41) is 7.17. The lowest BCUT2D eigenvalue weighted by Gasteiger charge is -2.11. The van der Waals surface area contributed by atoms with Gasteiger partial charge in [-0.1, -0.05) is 12.1 Å². The van der Waals surface area contributed by atoms with Crippen molar-refractivity contribution in [2.24, 2.45) is 0 Å². The summed E-state index contributed by atoms with van der Waals surface area (Å²) in [6, 6.07) is 13.8. The molecule has 6 heteroatoms. The van der Waals surface area contributed by atoms with Crippen molar-refractivity contribution in [1.82, 2.24) is 0 Å². The van der Waals surface area contributed by atoms with Crippen LogP contribution in [0.4, 0.5) is 15.1 Å². The lowest BCUT2D eigenvalue weighted by molar-refractivity contribution is 0.102. The zero-order valence-corrected chi connectivity index (χ0v) is 16.4. The van der Waals surface area contributed by atoms with Gasteiger partial charge in [-0.2, -0.15) is 0 Å². The largest absolute Gasteiger partial charge is 0.497 e. The highest BCUT2D eigenvalue weighted by atomic mass is 32.1. The first-order valence-electron chi connectivity index (χ1n) is 9.22. The minimum atomic E-state index is -0.259. The van der Waals surface area contributed by atoms with Gasteiger partial charge in [-0.15, -0.1) is 11.3 Å². The second-order valence-electron chi connectivity index (χ2n) is 6.73. The number of rotatable bonds is 6. The van der Waals surface area contributed by atoms with E-state index < -0.39 is 0 Å². The number of ether oxygens (including phenoxy) is 1. The van der Waals surface area contributed by atoms with E-state index in [9.17, 15) is 9.18 Å². The molecule has 0 unspecified atom stereocenters. The molecule has 1 amide bonds. The number of halogens is 1. The molecule has 0 aliphatic heterocycles. The Hall–Kier alpha value is -2.86. The van der Waals surface area contributed by atoms with Crippen LogP contribution in [0.5, 0.6) is 5.75 Å². The molecular formula is C22H21FN2O2S. The molecular weight excluding hydrogens is 375 g/mol. The van der Waals surface area contributed by atoms with Crippen molar-refractivity contribution in [3.05, 3.63) is 75.9 Å². The number of hydrogen-bond acceptors (Lipinski definition) is 4. The molecule has 0 atom stereocenters. The van der Waals surface area contributed by atoms with Crippen LogP contribution in [0.3, 0.4) is 0 Å². The molecule has 1 aliphatic rings. The average Bonchev–Trinajstić information content (AvgIpc) is 3.27. The zero-order chi connectivity index (χ0) is 19.5.